The van der Waals surface area contributed by atoms with E-state index in [9.17, 15) is 0 Å². The number of benzene rings is 6. The van der Waals surface area contributed by atoms with E-state index in [1.54, 1.807) is 0 Å². The fourth-order valence-electron chi connectivity index (χ4n) is 12.0. The number of hydrogen-bond donors (Lipinski definition) is 0. The molecular weight excluding hydrogens is 737 g/mol. The standard InChI is InChI=1S/C59H60N2/c1-5-6-23-54-42(2)58(3,4)55-24-16-25-56(57(54)55)61(52-34-27-45(28-35-52)44-17-10-7-11-18-44)53-38-32-47(33-39-53)59(41-43-26-29-48(59)40-43)46-30-36-51(37-31-46)60(49-19-12-8-13-20-49)50-21-14-9-15-22-50/h5-6,8-9,12-16,19-25,27-28,30-39,43-44,48H,1,7,10-11,17-18,26,29,40-41H2,2-4H3/b23-6-. The third-order valence-corrected chi connectivity index (χ3v) is 15.4. The van der Waals surface area contributed by atoms with Crippen LogP contribution in [0.25, 0.3) is 5.57 Å². The first-order valence-electron chi connectivity index (χ1n) is 23.0. The second kappa shape index (κ2) is 16.2. The Morgan fingerprint density at radius 3 is 1.67 bits per heavy atom. The summed E-state index contributed by atoms with van der Waals surface area (Å²) in [6.07, 6.45) is 18.1. The molecule has 3 unspecified atom stereocenters. The summed E-state index contributed by atoms with van der Waals surface area (Å²) in [7, 11) is 0. The third-order valence-electron chi connectivity index (χ3n) is 15.4. The van der Waals surface area contributed by atoms with Gasteiger partial charge in [-0.3, -0.25) is 0 Å². The quantitative estimate of drug-likeness (QED) is 0.121. The topological polar surface area (TPSA) is 6.48 Å². The fraction of sp³-hybridized carbons (Fsp3) is 0.288. The summed E-state index contributed by atoms with van der Waals surface area (Å²) < 4.78 is 0. The van der Waals surface area contributed by atoms with Gasteiger partial charge in [-0.1, -0.05) is 155 Å². The number of allylic oxidation sites excluding steroid dienone is 5. The smallest absolute Gasteiger partial charge is 0.0543 e. The highest BCUT2D eigenvalue weighted by Gasteiger charge is 2.52. The summed E-state index contributed by atoms with van der Waals surface area (Å²) in [4.78, 5) is 4.91. The molecule has 2 heteroatoms. The molecule has 10 rings (SSSR count). The molecule has 0 radical (unpaired) electrons. The summed E-state index contributed by atoms with van der Waals surface area (Å²) in [5.74, 6) is 2.09. The van der Waals surface area contributed by atoms with Crippen LogP contribution in [-0.2, 0) is 10.8 Å². The highest BCUT2D eigenvalue weighted by atomic mass is 15.1. The normalized spacial score (nSPS) is 21.8. The lowest BCUT2D eigenvalue weighted by atomic mass is 9.64. The van der Waals surface area contributed by atoms with E-state index in [-0.39, 0.29) is 10.8 Å². The van der Waals surface area contributed by atoms with Crippen LogP contribution in [-0.4, -0.2) is 0 Å². The molecule has 306 valence electrons. The predicted molar refractivity (Wildman–Crippen MR) is 259 cm³/mol. The zero-order valence-electron chi connectivity index (χ0n) is 36.4. The van der Waals surface area contributed by atoms with Crippen LogP contribution in [0, 0.1) is 11.8 Å². The van der Waals surface area contributed by atoms with Crippen LogP contribution in [0.15, 0.2) is 182 Å². The van der Waals surface area contributed by atoms with E-state index in [0.29, 0.717) is 11.8 Å². The van der Waals surface area contributed by atoms with Crippen molar-refractivity contribution < 1.29 is 0 Å². The van der Waals surface area contributed by atoms with Gasteiger partial charge in [0.15, 0.2) is 0 Å². The molecule has 6 aromatic rings. The van der Waals surface area contributed by atoms with E-state index >= 15 is 0 Å². The van der Waals surface area contributed by atoms with Gasteiger partial charge in [-0.05, 0) is 151 Å². The molecule has 2 nitrogen and oxygen atoms in total. The van der Waals surface area contributed by atoms with Crippen LogP contribution in [0.2, 0.25) is 0 Å². The van der Waals surface area contributed by atoms with Crippen molar-refractivity contribution in [1.29, 1.82) is 0 Å². The van der Waals surface area contributed by atoms with Gasteiger partial charge in [0.25, 0.3) is 0 Å². The molecule has 6 aromatic carbocycles. The first-order valence-corrected chi connectivity index (χ1v) is 23.0. The van der Waals surface area contributed by atoms with Crippen molar-refractivity contribution >= 4 is 39.7 Å². The molecule has 0 heterocycles. The minimum absolute atomic E-state index is 0.00268. The average molecular weight is 797 g/mol. The van der Waals surface area contributed by atoms with Crippen molar-refractivity contribution in [1.82, 2.24) is 0 Å². The van der Waals surface area contributed by atoms with Crippen LogP contribution >= 0.6 is 0 Å². The fourth-order valence-corrected chi connectivity index (χ4v) is 12.0. The number of anilines is 6. The van der Waals surface area contributed by atoms with Gasteiger partial charge in [0, 0.05) is 44.8 Å². The maximum atomic E-state index is 4.04. The summed E-state index contributed by atoms with van der Waals surface area (Å²) in [6.45, 7) is 11.1. The minimum atomic E-state index is -0.0739. The lowest BCUT2D eigenvalue weighted by molar-refractivity contribution is 0.320. The Balaban J connectivity index is 1.06. The average Bonchev–Trinajstić information content (AvgIpc) is 3.99. The predicted octanol–water partition coefficient (Wildman–Crippen LogP) is 16.6. The molecule has 61 heavy (non-hydrogen) atoms. The maximum absolute atomic E-state index is 4.04. The van der Waals surface area contributed by atoms with Crippen molar-refractivity contribution in [3.63, 3.8) is 0 Å². The molecule has 0 saturated heterocycles. The van der Waals surface area contributed by atoms with E-state index in [1.807, 2.05) is 6.08 Å². The van der Waals surface area contributed by atoms with E-state index in [0.717, 1.165) is 5.92 Å². The van der Waals surface area contributed by atoms with Gasteiger partial charge < -0.3 is 9.80 Å². The van der Waals surface area contributed by atoms with Crippen molar-refractivity contribution in [2.45, 2.75) is 95.3 Å². The number of nitrogens with zero attached hydrogens (tertiary/aromatic N) is 2. The lowest BCUT2D eigenvalue weighted by Crippen LogP contribution is -2.34. The van der Waals surface area contributed by atoms with Gasteiger partial charge >= 0.3 is 0 Å². The lowest BCUT2D eigenvalue weighted by Gasteiger charge is -2.40. The second-order valence-electron chi connectivity index (χ2n) is 18.9. The molecule has 2 bridgehead atoms. The molecule has 0 aliphatic heterocycles. The molecule has 3 atom stereocenters. The molecule has 3 fully saturated rings. The minimum Gasteiger partial charge on any atom is -0.311 e. The van der Waals surface area contributed by atoms with Gasteiger partial charge in [-0.2, -0.15) is 0 Å². The SMILES string of the molecule is C=C/C=C\C1=C(C)C(C)(C)c2cccc(N(c3ccc(C4CCCCC4)cc3)c3ccc(C4(c5ccc(N(c6ccccc6)c6ccccc6)cc5)CC5CCC4C5)cc3)c21. The molecule has 0 N–H and O–H groups in total. The Hall–Kier alpha value is -5.86. The van der Waals surface area contributed by atoms with Crippen molar-refractivity contribution in [3.05, 3.63) is 210 Å². The van der Waals surface area contributed by atoms with Crippen LogP contribution in [0.3, 0.4) is 0 Å². The van der Waals surface area contributed by atoms with Crippen molar-refractivity contribution in [2.75, 3.05) is 9.80 Å². The first-order chi connectivity index (χ1) is 29.9. The van der Waals surface area contributed by atoms with Crippen molar-refractivity contribution in [2.24, 2.45) is 11.8 Å². The van der Waals surface area contributed by atoms with Gasteiger partial charge in [-0.15, -0.1) is 0 Å². The number of fused-ring (bicyclic) bond motifs is 3. The number of hydrogen-bond acceptors (Lipinski definition) is 2. The first kappa shape index (κ1) is 39.3. The van der Waals surface area contributed by atoms with Gasteiger partial charge in [-0.25, -0.2) is 0 Å². The van der Waals surface area contributed by atoms with Gasteiger partial charge in [0.05, 0.1) is 5.69 Å². The summed E-state index contributed by atoms with van der Waals surface area (Å²) in [5, 5.41) is 0. The van der Waals surface area contributed by atoms with Crippen LogP contribution in [0.1, 0.15) is 112 Å². The Labute approximate surface area is 365 Å². The van der Waals surface area contributed by atoms with Crippen LogP contribution < -0.4 is 9.80 Å². The molecule has 0 amide bonds. The van der Waals surface area contributed by atoms with E-state index < -0.39 is 0 Å². The molecule has 4 aliphatic rings. The molecule has 0 aromatic heterocycles. The summed E-state index contributed by atoms with van der Waals surface area (Å²) >= 11 is 0. The van der Waals surface area contributed by atoms with E-state index in [1.165, 1.54) is 131 Å². The zero-order chi connectivity index (χ0) is 41.6. The van der Waals surface area contributed by atoms with Crippen molar-refractivity contribution in [3.8, 4) is 0 Å². The van der Waals surface area contributed by atoms with E-state index in [2.05, 4.69) is 201 Å². The Morgan fingerprint density at radius 2 is 1.13 bits per heavy atom. The zero-order valence-corrected chi connectivity index (χ0v) is 36.4. The Kier molecular flexibility index (Phi) is 10.4. The summed E-state index contributed by atoms with van der Waals surface area (Å²) in [5.41, 5.74) is 16.9. The molecule has 4 aliphatic carbocycles. The maximum Gasteiger partial charge on any atom is 0.0543 e. The van der Waals surface area contributed by atoms with Gasteiger partial charge in [0.1, 0.15) is 0 Å². The Morgan fingerprint density at radius 1 is 0.574 bits per heavy atom. The Bertz CT molecular complexity index is 2520. The highest BCUT2D eigenvalue weighted by molar-refractivity contribution is 5.95. The highest BCUT2D eigenvalue weighted by Crippen LogP contribution is 2.61. The summed E-state index contributed by atoms with van der Waals surface area (Å²) in [6, 6.07) is 57.5. The molecule has 3 saturated carbocycles. The second-order valence-corrected chi connectivity index (χ2v) is 18.9. The molecular formula is C59H60N2. The third kappa shape index (κ3) is 6.89. The van der Waals surface area contributed by atoms with E-state index in [4.69, 9.17) is 0 Å². The van der Waals surface area contributed by atoms with Gasteiger partial charge in [0.2, 0.25) is 0 Å². The number of para-hydroxylation sites is 2. The largest absolute Gasteiger partial charge is 0.311 e. The van der Waals surface area contributed by atoms with Crippen LogP contribution in [0.4, 0.5) is 34.1 Å². The number of rotatable bonds is 11. The molecule has 0 spiro atoms. The monoisotopic (exact) mass is 796 g/mol. The van der Waals surface area contributed by atoms with Crippen LogP contribution in [0.5, 0.6) is 0 Å².